The zero-order valence-corrected chi connectivity index (χ0v) is 16.4. The summed E-state index contributed by atoms with van der Waals surface area (Å²) >= 11 is 0. The van der Waals surface area contributed by atoms with E-state index in [9.17, 15) is 9.90 Å². The fourth-order valence-electron chi connectivity index (χ4n) is 4.23. The van der Waals surface area contributed by atoms with Gasteiger partial charge in [0.05, 0.1) is 11.1 Å². The topological polar surface area (TPSA) is 68.2 Å². The Balaban J connectivity index is 1.49. The first-order chi connectivity index (χ1) is 14.1. The number of hydrogen-bond acceptors (Lipinski definition) is 6. The monoisotopic (exact) mass is 393 g/mol. The van der Waals surface area contributed by atoms with Gasteiger partial charge in [0, 0.05) is 6.54 Å². The van der Waals surface area contributed by atoms with E-state index in [-0.39, 0.29) is 24.1 Å². The van der Waals surface area contributed by atoms with E-state index in [0.717, 1.165) is 37.1 Å². The molecule has 150 valence electrons. The number of aryl methyl sites for hydroxylation is 1. The largest absolute Gasteiger partial charge is 0.507 e. The number of allylic oxidation sites excluding steroid dienone is 1. The number of nitrogens with zero attached hydrogens (tertiary/aromatic N) is 1. The van der Waals surface area contributed by atoms with Crippen LogP contribution in [0.4, 0.5) is 0 Å². The van der Waals surface area contributed by atoms with Crippen molar-refractivity contribution in [1.29, 1.82) is 0 Å². The minimum absolute atomic E-state index is 0.157. The summed E-state index contributed by atoms with van der Waals surface area (Å²) in [6.45, 7) is 4.60. The molecule has 0 amide bonds. The Morgan fingerprint density at radius 3 is 2.72 bits per heavy atom. The van der Waals surface area contributed by atoms with Crippen molar-refractivity contribution in [2.45, 2.75) is 32.7 Å². The lowest BCUT2D eigenvalue weighted by atomic mass is 9.98. The van der Waals surface area contributed by atoms with Gasteiger partial charge in [0.2, 0.25) is 12.6 Å². The van der Waals surface area contributed by atoms with Gasteiger partial charge >= 0.3 is 0 Å². The molecule has 1 fully saturated rings. The van der Waals surface area contributed by atoms with Crippen LogP contribution in [-0.2, 0) is 6.54 Å². The van der Waals surface area contributed by atoms with Crippen molar-refractivity contribution in [3.05, 3.63) is 52.3 Å². The SMILES string of the molecule is Cc1cc(O)c(CN2CCCCC2)c2c1C(=O)/C(=C/c1ccc3c(c1)OCO3)O2. The van der Waals surface area contributed by atoms with E-state index in [1.807, 2.05) is 25.1 Å². The van der Waals surface area contributed by atoms with Crippen LogP contribution in [0.1, 0.15) is 46.3 Å². The van der Waals surface area contributed by atoms with Crippen LogP contribution in [0.25, 0.3) is 6.08 Å². The van der Waals surface area contributed by atoms with Gasteiger partial charge in [0.15, 0.2) is 17.3 Å². The number of Topliss-reactive ketones (excluding diaryl/α,β-unsaturated/α-hetero) is 1. The maximum absolute atomic E-state index is 13.1. The van der Waals surface area contributed by atoms with E-state index in [0.29, 0.717) is 34.9 Å². The lowest BCUT2D eigenvalue weighted by Crippen LogP contribution is -2.29. The first-order valence-electron chi connectivity index (χ1n) is 10.0. The molecule has 1 saturated heterocycles. The molecule has 3 heterocycles. The number of aromatic hydroxyl groups is 1. The fourth-order valence-corrected chi connectivity index (χ4v) is 4.23. The molecule has 3 aliphatic heterocycles. The van der Waals surface area contributed by atoms with Crippen molar-refractivity contribution in [3.8, 4) is 23.0 Å². The standard InChI is InChI=1S/C23H23NO5/c1-14-9-17(25)16(12-24-7-3-2-4-8-24)23-21(14)22(26)20(29-23)11-15-5-6-18-19(10-15)28-13-27-18/h5-6,9-11,25H,2-4,7-8,12-13H2,1H3/b20-11-. The third kappa shape index (κ3) is 3.23. The van der Waals surface area contributed by atoms with Gasteiger partial charge in [0.1, 0.15) is 11.5 Å². The molecule has 29 heavy (non-hydrogen) atoms. The molecule has 0 aliphatic carbocycles. The number of carbonyl (C=O) groups excluding carboxylic acids is 1. The molecule has 1 N–H and O–H groups in total. The first-order valence-corrected chi connectivity index (χ1v) is 10.0. The molecule has 0 atom stereocenters. The molecule has 2 aromatic rings. The number of piperidine rings is 1. The zero-order valence-electron chi connectivity index (χ0n) is 16.4. The van der Waals surface area contributed by atoms with Crippen LogP contribution in [0.2, 0.25) is 0 Å². The molecule has 0 aromatic heterocycles. The second-order valence-corrected chi connectivity index (χ2v) is 7.78. The summed E-state index contributed by atoms with van der Waals surface area (Å²) in [7, 11) is 0. The number of likely N-dealkylation sites (tertiary alicyclic amines) is 1. The highest BCUT2D eigenvalue weighted by atomic mass is 16.7. The molecule has 0 radical (unpaired) electrons. The third-order valence-corrected chi connectivity index (χ3v) is 5.75. The predicted octanol–water partition coefficient (Wildman–Crippen LogP) is 4.03. The van der Waals surface area contributed by atoms with Gasteiger partial charge in [-0.25, -0.2) is 0 Å². The Morgan fingerprint density at radius 2 is 1.90 bits per heavy atom. The highest BCUT2D eigenvalue weighted by molar-refractivity contribution is 6.15. The molecular formula is C23H23NO5. The van der Waals surface area contributed by atoms with Crippen molar-refractivity contribution in [1.82, 2.24) is 4.90 Å². The Morgan fingerprint density at radius 1 is 1.10 bits per heavy atom. The minimum atomic E-state index is -0.157. The molecule has 0 unspecified atom stereocenters. The highest BCUT2D eigenvalue weighted by Crippen LogP contribution is 2.43. The summed E-state index contributed by atoms with van der Waals surface area (Å²) in [4.78, 5) is 15.4. The zero-order chi connectivity index (χ0) is 20.0. The van der Waals surface area contributed by atoms with Crippen LogP contribution in [0.5, 0.6) is 23.0 Å². The van der Waals surface area contributed by atoms with Crippen molar-refractivity contribution in [3.63, 3.8) is 0 Å². The van der Waals surface area contributed by atoms with Crippen molar-refractivity contribution in [2.24, 2.45) is 0 Å². The number of hydrogen-bond donors (Lipinski definition) is 1. The third-order valence-electron chi connectivity index (χ3n) is 5.75. The van der Waals surface area contributed by atoms with Crippen LogP contribution in [0.3, 0.4) is 0 Å². The molecule has 3 aliphatic rings. The quantitative estimate of drug-likeness (QED) is 0.794. The number of benzene rings is 2. The van der Waals surface area contributed by atoms with E-state index in [4.69, 9.17) is 14.2 Å². The number of rotatable bonds is 3. The summed E-state index contributed by atoms with van der Waals surface area (Å²) in [6.07, 6.45) is 5.27. The van der Waals surface area contributed by atoms with Crippen molar-refractivity contribution >= 4 is 11.9 Å². The van der Waals surface area contributed by atoms with E-state index in [1.165, 1.54) is 6.42 Å². The molecule has 6 heteroatoms. The van der Waals surface area contributed by atoms with Crippen molar-refractivity contribution < 1.29 is 24.1 Å². The van der Waals surface area contributed by atoms with Crippen LogP contribution < -0.4 is 14.2 Å². The molecule has 0 saturated carbocycles. The number of carbonyl (C=O) groups is 1. The second kappa shape index (κ2) is 7.12. The smallest absolute Gasteiger partial charge is 0.232 e. The molecule has 0 spiro atoms. The van der Waals surface area contributed by atoms with Crippen LogP contribution in [-0.4, -0.2) is 35.7 Å². The highest BCUT2D eigenvalue weighted by Gasteiger charge is 2.34. The average molecular weight is 393 g/mol. The molecular weight excluding hydrogens is 370 g/mol. The van der Waals surface area contributed by atoms with Crippen LogP contribution >= 0.6 is 0 Å². The summed E-state index contributed by atoms with van der Waals surface area (Å²) in [6, 6.07) is 7.18. The second-order valence-electron chi connectivity index (χ2n) is 7.78. The van der Waals surface area contributed by atoms with Gasteiger partial charge in [-0.05, 0) is 68.3 Å². The van der Waals surface area contributed by atoms with Crippen LogP contribution in [0.15, 0.2) is 30.0 Å². The number of phenols is 1. The van der Waals surface area contributed by atoms with Gasteiger partial charge in [-0.1, -0.05) is 12.5 Å². The maximum Gasteiger partial charge on any atom is 0.232 e. The number of fused-ring (bicyclic) bond motifs is 2. The minimum Gasteiger partial charge on any atom is -0.507 e. The van der Waals surface area contributed by atoms with E-state index >= 15 is 0 Å². The normalized spacial score (nSPS) is 19.5. The van der Waals surface area contributed by atoms with Crippen LogP contribution in [0, 0.1) is 6.92 Å². The number of ketones is 1. The molecule has 5 rings (SSSR count). The van der Waals surface area contributed by atoms with Crippen molar-refractivity contribution in [2.75, 3.05) is 19.9 Å². The number of phenolic OH excluding ortho intramolecular Hbond substituents is 1. The van der Waals surface area contributed by atoms with E-state index < -0.39 is 0 Å². The Kier molecular flexibility index (Phi) is 4.43. The molecule has 6 nitrogen and oxygen atoms in total. The lowest BCUT2D eigenvalue weighted by molar-refractivity contribution is 0.101. The van der Waals surface area contributed by atoms with Gasteiger partial charge in [0.25, 0.3) is 0 Å². The van der Waals surface area contributed by atoms with Gasteiger partial charge in [-0.2, -0.15) is 0 Å². The Bertz CT molecular complexity index is 1020. The summed E-state index contributed by atoms with van der Waals surface area (Å²) in [5.74, 6) is 2.12. The summed E-state index contributed by atoms with van der Waals surface area (Å²) in [5.41, 5.74) is 2.75. The summed E-state index contributed by atoms with van der Waals surface area (Å²) < 4.78 is 16.8. The molecule has 2 aromatic carbocycles. The van der Waals surface area contributed by atoms with Gasteiger partial charge < -0.3 is 19.3 Å². The Labute approximate surface area is 169 Å². The lowest BCUT2D eigenvalue weighted by Gasteiger charge is -2.27. The Hall–Kier alpha value is -2.99. The number of ether oxygens (including phenoxy) is 3. The van der Waals surface area contributed by atoms with E-state index in [1.54, 1.807) is 12.1 Å². The average Bonchev–Trinajstić information content (AvgIpc) is 3.30. The fraction of sp³-hybridized carbons (Fsp3) is 0.348. The van der Waals surface area contributed by atoms with Gasteiger partial charge in [-0.15, -0.1) is 0 Å². The van der Waals surface area contributed by atoms with Gasteiger partial charge in [-0.3, -0.25) is 9.69 Å². The first kappa shape index (κ1) is 18.1. The predicted molar refractivity (Wildman–Crippen MR) is 107 cm³/mol. The van der Waals surface area contributed by atoms with E-state index in [2.05, 4.69) is 4.90 Å². The maximum atomic E-state index is 13.1. The molecule has 0 bridgehead atoms. The summed E-state index contributed by atoms with van der Waals surface area (Å²) in [5, 5.41) is 10.6.